The van der Waals surface area contributed by atoms with Crippen molar-refractivity contribution in [2.45, 2.75) is 6.54 Å². The highest BCUT2D eigenvalue weighted by atomic mass is 35.5. The number of methoxy groups -OCH3 is 1. The molecule has 2 amide bonds. The standard InChI is InChI=1S/C29H20ClNO5S/c1-35-25-15-18(7-13-24(25)36-28(33)21-9-11-23(30)12-10-21)16-26-27(32)31(29(34)37-26)17-19-6-8-20-4-2-3-5-22(20)14-19/h2-16H,17H2,1H3/b26-16-. The molecule has 0 atom stereocenters. The number of amides is 2. The van der Waals surface area contributed by atoms with Gasteiger partial charge in [0.05, 0.1) is 24.1 Å². The van der Waals surface area contributed by atoms with Crippen LogP contribution in [0.2, 0.25) is 5.02 Å². The topological polar surface area (TPSA) is 72.9 Å². The summed E-state index contributed by atoms with van der Waals surface area (Å²) >= 11 is 6.76. The fourth-order valence-corrected chi connectivity index (χ4v) is 4.87. The lowest BCUT2D eigenvalue weighted by Gasteiger charge is -2.13. The molecular weight excluding hydrogens is 510 g/mol. The Morgan fingerprint density at radius 2 is 1.68 bits per heavy atom. The summed E-state index contributed by atoms with van der Waals surface area (Å²) < 4.78 is 10.9. The van der Waals surface area contributed by atoms with E-state index in [0.717, 1.165) is 28.1 Å². The summed E-state index contributed by atoms with van der Waals surface area (Å²) in [5.41, 5.74) is 1.84. The molecule has 8 heteroatoms. The van der Waals surface area contributed by atoms with Gasteiger partial charge in [-0.15, -0.1) is 0 Å². The van der Waals surface area contributed by atoms with Gasteiger partial charge in [-0.1, -0.05) is 54.1 Å². The molecule has 0 N–H and O–H groups in total. The number of carbonyl (C=O) groups excluding carboxylic acids is 3. The highest BCUT2D eigenvalue weighted by molar-refractivity contribution is 8.18. The van der Waals surface area contributed by atoms with E-state index in [0.29, 0.717) is 26.8 Å². The lowest BCUT2D eigenvalue weighted by molar-refractivity contribution is -0.123. The van der Waals surface area contributed by atoms with E-state index in [9.17, 15) is 14.4 Å². The number of hydrogen-bond acceptors (Lipinski definition) is 6. The molecule has 5 rings (SSSR count). The molecule has 4 aromatic rings. The predicted molar refractivity (Wildman–Crippen MR) is 145 cm³/mol. The lowest BCUT2D eigenvalue weighted by atomic mass is 10.1. The smallest absolute Gasteiger partial charge is 0.343 e. The highest BCUT2D eigenvalue weighted by Gasteiger charge is 2.35. The number of imide groups is 1. The van der Waals surface area contributed by atoms with Crippen LogP contribution in [0.15, 0.2) is 89.8 Å². The SMILES string of the molecule is COc1cc(/C=C2\SC(=O)N(Cc3ccc4ccccc4c3)C2=O)ccc1OC(=O)c1ccc(Cl)cc1. The Bertz CT molecular complexity index is 1560. The van der Waals surface area contributed by atoms with Gasteiger partial charge in [0.1, 0.15) is 0 Å². The number of hydrogen-bond donors (Lipinski definition) is 0. The molecular formula is C29H20ClNO5S. The molecule has 6 nitrogen and oxygen atoms in total. The molecule has 0 saturated carbocycles. The summed E-state index contributed by atoms with van der Waals surface area (Å²) in [6, 6.07) is 25.1. The van der Waals surface area contributed by atoms with Gasteiger partial charge in [0.25, 0.3) is 11.1 Å². The quantitative estimate of drug-likeness (QED) is 0.153. The zero-order valence-corrected chi connectivity index (χ0v) is 21.2. The second-order valence-electron chi connectivity index (χ2n) is 8.26. The van der Waals surface area contributed by atoms with E-state index in [-0.39, 0.29) is 23.4 Å². The lowest BCUT2D eigenvalue weighted by Crippen LogP contribution is -2.27. The molecule has 184 valence electrons. The Kier molecular flexibility index (Phi) is 6.99. The van der Waals surface area contributed by atoms with Crippen LogP contribution in [0.3, 0.4) is 0 Å². The van der Waals surface area contributed by atoms with Crippen LogP contribution in [-0.2, 0) is 11.3 Å². The Labute approximate surface area is 222 Å². The summed E-state index contributed by atoms with van der Waals surface area (Å²) in [6.07, 6.45) is 1.62. The van der Waals surface area contributed by atoms with Gasteiger partial charge in [-0.05, 0) is 82.2 Å². The van der Waals surface area contributed by atoms with Crippen molar-refractivity contribution < 1.29 is 23.9 Å². The van der Waals surface area contributed by atoms with Gasteiger partial charge < -0.3 is 9.47 Å². The van der Waals surface area contributed by atoms with E-state index in [1.807, 2.05) is 42.5 Å². The minimum atomic E-state index is -0.558. The molecule has 0 unspecified atom stereocenters. The molecule has 37 heavy (non-hydrogen) atoms. The van der Waals surface area contributed by atoms with E-state index in [4.69, 9.17) is 21.1 Å². The van der Waals surface area contributed by atoms with Crippen LogP contribution in [0, 0.1) is 0 Å². The maximum Gasteiger partial charge on any atom is 0.343 e. The van der Waals surface area contributed by atoms with E-state index in [1.165, 1.54) is 12.0 Å². The monoisotopic (exact) mass is 529 g/mol. The van der Waals surface area contributed by atoms with Crippen LogP contribution in [0.1, 0.15) is 21.5 Å². The number of ether oxygens (including phenoxy) is 2. The average Bonchev–Trinajstić information content (AvgIpc) is 3.17. The Morgan fingerprint density at radius 3 is 2.43 bits per heavy atom. The first-order valence-corrected chi connectivity index (χ1v) is 12.5. The van der Waals surface area contributed by atoms with Crippen molar-refractivity contribution in [1.82, 2.24) is 4.90 Å². The van der Waals surface area contributed by atoms with Crippen molar-refractivity contribution in [1.29, 1.82) is 0 Å². The van der Waals surface area contributed by atoms with Gasteiger partial charge in [-0.2, -0.15) is 0 Å². The Morgan fingerprint density at radius 1 is 0.919 bits per heavy atom. The number of halogens is 1. The van der Waals surface area contributed by atoms with Crippen LogP contribution in [0.25, 0.3) is 16.8 Å². The second kappa shape index (κ2) is 10.5. The van der Waals surface area contributed by atoms with Crippen molar-refractivity contribution in [2.24, 2.45) is 0 Å². The highest BCUT2D eigenvalue weighted by Crippen LogP contribution is 2.35. The minimum absolute atomic E-state index is 0.190. The molecule has 0 radical (unpaired) electrons. The first-order valence-electron chi connectivity index (χ1n) is 11.3. The zero-order valence-electron chi connectivity index (χ0n) is 19.6. The number of rotatable bonds is 6. The van der Waals surface area contributed by atoms with Gasteiger partial charge >= 0.3 is 5.97 Å². The van der Waals surface area contributed by atoms with E-state index < -0.39 is 5.97 Å². The van der Waals surface area contributed by atoms with Crippen molar-refractivity contribution in [3.05, 3.63) is 112 Å². The number of benzene rings is 4. The molecule has 0 spiro atoms. The van der Waals surface area contributed by atoms with Crippen LogP contribution >= 0.6 is 23.4 Å². The van der Waals surface area contributed by atoms with Gasteiger partial charge in [-0.3, -0.25) is 14.5 Å². The normalized spacial score (nSPS) is 14.4. The first-order chi connectivity index (χ1) is 17.9. The van der Waals surface area contributed by atoms with Crippen LogP contribution in [0.4, 0.5) is 4.79 Å². The third-order valence-electron chi connectivity index (χ3n) is 5.80. The van der Waals surface area contributed by atoms with Crippen LogP contribution < -0.4 is 9.47 Å². The summed E-state index contributed by atoms with van der Waals surface area (Å²) in [5.74, 6) is -0.381. The number of nitrogens with zero attached hydrogens (tertiary/aromatic N) is 1. The van der Waals surface area contributed by atoms with Crippen molar-refractivity contribution >= 4 is 57.3 Å². The summed E-state index contributed by atoms with van der Waals surface area (Å²) in [4.78, 5) is 39.7. The molecule has 1 aliphatic heterocycles. The summed E-state index contributed by atoms with van der Waals surface area (Å²) in [7, 11) is 1.45. The Hall–Kier alpha value is -4.07. The molecule has 4 aromatic carbocycles. The van der Waals surface area contributed by atoms with E-state index in [1.54, 1.807) is 48.5 Å². The van der Waals surface area contributed by atoms with Gasteiger partial charge in [0.2, 0.25) is 0 Å². The minimum Gasteiger partial charge on any atom is -0.493 e. The van der Waals surface area contributed by atoms with Crippen molar-refractivity contribution in [3.63, 3.8) is 0 Å². The van der Waals surface area contributed by atoms with Crippen LogP contribution in [0.5, 0.6) is 11.5 Å². The maximum atomic E-state index is 13.0. The number of fused-ring (bicyclic) bond motifs is 1. The summed E-state index contributed by atoms with van der Waals surface area (Å²) in [5, 5.41) is 2.33. The van der Waals surface area contributed by atoms with E-state index >= 15 is 0 Å². The number of carbonyl (C=O) groups is 3. The molecule has 0 aliphatic carbocycles. The molecule has 1 aliphatic rings. The summed E-state index contributed by atoms with van der Waals surface area (Å²) in [6.45, 7) is 0.190. The zero-order chi connectivity index (χ0) is 25.9. The maximum absolute atomic E-state index is 13.0. The molecule has 1 heterocycles. The fourth-order valence-electron chi connectivity index (χ4n) is 3.91. The molecule has 0 aromatic heterocycles. The predicted octanol–water partition coefficient (Wildman–Crippen LogP) is 6.96. The van der Waals surface area contributed by atoms with Gasteiger partial charge in [-0.25, -0.2) is 4.79 Å². The van der Waals surface area contributed by atoms with Crippen LogP contribution in [-0.4, -0.2) is 29.1 Å². The van der Waals surface area contributed by atoms with Gasteiger partial charge in [0.15, 0.2) is 11.5 Å². The third kappa shape index (κ3) is 5.38. The van der Waals surface area contributed by atoms with Crippen molar-refractivity contribution in [2.75, 3.05) is 7.11 Å². The molecule has 1 saturated heterocycles. The average molecular weight is 530 g/mol. The first kappa shape index (κ1) is 24.6. The number of thioether (sulfide) groups is 1. The second-order valence-corrected chi connectivity index (χ2v) is 9.69. The molecule has 0 bridgehead atoms. The molecule has 1 fully saturated rings. The largest absolute Gasteiger partial charge is 0.493 e. The fraction of sp³-hybridized carbons (Fsp3) is 0.0690. The van der Waals surface area contributed by atoms with Gasteiger partial charge in [0, 0.05) is 5.02 Å². The van der Waals surface area contributed by atoms with E-state index in [2.05, 4.69) is 0 Å². The third-order valence-corrected chi connectivity index (χ3v) is 6.96. The van der Waals surface area contributed by atoms with Crippen molar-refractivity contribution in [3.8, 4) is 11.5 Å². The Balaban J connectivity index is 1.32. The number of esters is 1.